The van der Waals surface area contributed by atoms with Gasteiger partial charge in [0.05, 0.1) is 31.3 Å². The van der Waals surface area contributed by atoms with Gasteiger partial charge in [0.25, 0.3) is 0 Å². The molecule has 0 aromatic rings. The van der Waals surface area contributed by atoms with Crippen molar-refractivity contribution in [3.05, 3.63) is 36.5 Å². The van der Waals surface area contributed by atoms with E-state index >= 15 is 0 Å². The van der Waals surface area contributed by atoms with Gasteiger partial charge >= 0.3 is 0 Å². The first-order chi connectivity index (χ1) is 24.0. The van der Waals surface area contributed by atoms with Crippen LogP contribution in [0.3, 0.4) is 0 Å². The van der Waals surface area contributed by atoms with Crippen LogP contribution in [0.15, 0.2) is 36.5 Å². The molecule has 0 bridgehead atoms. The lowest BCUT2D eigenvalue weighted by Gasteiger charge is -2.21. The standard InChI is InChI=1S/C44H83NO4/c1-3-5-7-9-11-13-15-17-19-20-21-22-24-25-27-29-31-33-35-37-41(47)39-44(49)45-42(40-46)43(48)38-36-34-32-30-28-26-23-18-16-14-12-10-8-6-4-2/h16,18,28,30,36,38,41-43,46-48H,3-15,17,19-27,29,31-35,37,39-40H2,1-2H3,(H,45,49)/b18-16+,30-28+,38-36+. The Balaban J connectivity index is 3.71. The molecule has 0 aliphatic carbocycles. The van der Waals surface area contributed by atoms with Gasteiger partial charge in [-0.25, -0.2) is 0 Å². The van der Waals surface area contributed by atoms with Crippen molar-refractivity contribution in [2.45, 2.75) is 231 Å². The monoisotopic (exact) mass is 690 g/mol. The van der Waals surface area contributed by atoms with Gasteiger partial charge in [-0.05, 0) is 44.9 Å². The number of carbonyl (C=O) groups is 1. The third kappa shape index (κ3) is 36.2. The molecule has 0 heterocycles. The molecule has 0 aromatic heterocycles. The molecule has 3 unspecified atom stereocenters. The van der Waals surface area contributed by atoms with Crippen molar-refractivity contribution in [2.24, 2.45) is 0 Å². The third-order valence-corrected chi connectivity index (χ3v) is 9.66. The summed E-state index contributed by atoms with van der Waals surface area (Å²) in [5, 5.41) is 33.1. The van der Waals surface area contributed by atoms with E-state index in [1.807, 2.05) is 6.08 Å². The number of aliphatic hydroxyl groups excluding tert-OH is 3. The smallest absolute Gasteiger partial charge is 0.222 e. The summed E-state index contributed by atoms with van der Waals surface area (Å²) in [5.74, 6) is -0.328. The van der Waals surface area contributed by atoms with E-state index in [0.717, 1.165) is 38.5 Å². The van der Waals surface area contributed by atoms with Crippen LogP contribution in [-0.2, 0) is 4.79 Å². The second-order valence-corrected chi connectivity index (χ2v) is 14.6. The number of rotatable bonds is 38. The molecule has 49 heavy (non-hydrogen) atoms. The molecule has 0 aliphatic rings. The Morgan fingerprint density at radius 1 is 0.510 bits per heavy atom. The van der Waals surface area contributed by atoms with Crippen LogP contribution in [-0.4, -0.2) is 46.1 Å². The van der Waals surface area contributed by atoms with Crippen molar-refractivity contribution in [1.82, 2.24) is 5.32 Å². The summed E-state index contributed by atoms with van der Waals surface area (Å²) in [6.07, 6.45) is 48.5. The van der Waals surface area contributed by atoms with Gasteiger partial charge in [-0.1, -0.05) is 198 Å². The Morgan fingerprint density at radius 3 is 1.31 bits per heavy atom. The molecule has 0 saturated carbocycles. The van der Waals surface area contributed by atoms with Gasteiger partial charge in [0, 0.05) is 0 Å². The fourth-order valence-corrected chi connectivity index (χ4v) is 6.37. The molecular formula is C44H83NO4. The summed E-state index contributed by atoms with van der Waals surface area (Å²) in [5.41, 5.74) is 0. The van der Waals surface area contributed by atoms with E-state index in [4.69, 9.17) is 0 Å². The number of hydrogen-bond acceptors (Lipinski definition) is 4. The predicted molar refractivity (Wildman–Crippen MR) is 213 cm³/mol. The quantitative estimate of drug-likeness (QED) is 0.0384. The highest BCUT2D eigenvalue weighted by Gasteiger charge is 2.20. The van der Waals surface area contributed by atoms with Crippen LogP contribution in [0.5, 0.6) is 0 Å². The summed E-state index contributed by atoms with van der Waals surface area (Å²) < 4.78 is 0. The molecule has 0 aliphatic heterocycles. The largest absolute Gasteiger partial charge is 0.394 e. The van der Waals surface area contributed by atoms with Crippen molar-refractivity contribution in [3.63, 3.8) is 0 Å². The topological polar surface area (TPSA) is 89.8 Å². The summed E-state index contributed by atoms with van der Waals surface area (Å²) in [6, 6.07) is -0.764. The second kappa shape index (κ2) is 39.4. The summed E-state index contributed by atoms with van der Waals surface area (Å²) in [7, 11) is 0. The fraction of sp³-hybridized carbons (Fsp3) is 0.841. The minimum absolute atomic E-state index is 0.00488. The Morgan fingerprint density at radius 2 is 0.878 bits per heavy atom. The van der Waals surface area contributed by atoms with Gasteiger partial charge < -0.3 is 20.6 Å². The van der Waals surface area contributed by atoms with Crippen LogP contribution in [0.1, 0.15) is 213 Å². The van der Waals surface area contributed by atoms with E-state index in [0.29, 0.717) is 6.42 Å². The Bertz CT molecular complexity index is 764. The first-order valence-electron chi connectivity index (χ1n) is 21.3. The SMILES string of the molecule is CCCCCCC/C=C/CC/C=C/CC/C=C/C(O)C(CO)NC(=O)CC(O)CCCCCCCCCCCCCCCCCCCCC. The van der Waals surface area contributed by atoms with Crippen LogP contribution in [0.2, 0.25) is 0 Å². The molecule has 0 spiro atoms. The van der Waals surface area contributed by atoms with E-state index in [1.165, 1.54) is 148 Å². The van der Waals surface area contributed by atoms with Gasteiger partial charge in [0.1, 0.15) is 0 Å². The highest BCUT2D eigenvalue weighted by molar-refractivity contribution is 5.76. The highest BCUT2D eigenvalue weighted by atomic mass is 16.3. The van der Waals surface area contributed by atoms with E-state index < -0.39 is 18.2 Å². The third-order valence-electron chi connectivity index (χ3n) is 9.66. The zero-order valence-electron chi connectivity index (χ0n) is 32.6. The molecule has 0 aromatic carbocycles. The molecule has 1 amide bonds. The molecule has 0 rings (SSSR count). The van der Waals surface area contributed by atoms with Crippen molar-refractivity contribution >= 4 is 5.91 Å². The van der Waals surface area contributed by atoms with Crippen molar-refractivity contribution in [1.29, 1.82) is 0 Å². The minimum Gasteiger partial charge on any atom is -0.394 e. The lowest BCUT2D eigenvalue weighted by atomic mass is 10.0. The zero-order valence-corrected chi connectivity index (χ0v) is 32.6. The van der Waals surface area contributed by atoms with E-state index in [2.05, 4.69) is 43.5 Å². The maximum atomic E-state index is 12.4. The maximum Gasteiger partial charge on any atom is 0.222 e. The molecular weight excluding hydrogens is 606 g/mol. The summed E-state index contributed by atoms with van der Waals surface area (Å²) in [6.45, 7) is 4.18. The second-order valence-electron chi connectivity index (χ2n) is 14.6. The molecule has 288 valence electrons. The number of carbonyl (C=O) groups excluding carboxylic acids is 1. The van der Waals surface area contributed by atoms with Crippen LogP contribution >= 0.6 is 0 Å². The molecule has 5 heteroatoms. The molecule has 0 saturated heterocycles. The molecule has 0 fully saturated rings. The number of nitrogens with one attached hydrogen (secondary N) is 1. The molecule has 3 atom stereocenters. The van der Waals surface area contributed by atoms with Gasteiger partial charge in [-0.2, -0.15) is 0 Å². The average molecular weight is 690 g/mol. The fourth-order valence-electron chi connectivity index (χ4n) is 6.37. The summed E-state index contributed by atoms with van der Waals surface area (Å²) >= 11 is 0. The lowest BCUT2D eigenvalue weighted by Crippen LogP contribution is -2.45. The van der Waals surface area contributed by atoms with Crippen LogP contribution < -0.4 is 5.32 Å². The Labute approximate surface area is 304 Å². The van der Waals surface area contributed by atoms with Crippen molar-refractivity contribution < 1.29 is 20.1 Å². The van der Waals surface area contributed by atoms with Crippen LogP contribution in [0, 0.1) is 0 Å². The van der Waals surface area contributed by atoms with Crippen LogP contribution in [0.4, 0.5) is 0 Å². The minimum atomic E-state index is -0.957. The molecule has 4 N–H and O–H groups in total. The van der Waals surface area contributed by atoms with Crippen molar-refractivity contribution in [2.75, 3.05) is 6.61 Å². The first-order valence-corrected chi connectivity index (χ1v) is 21.3. The van der Waals surface area contributed by atoms with Gasteiger partial charge in [0.15, 0.2) is 0 Å². The van der Waals surface area contributed by atoms with Gasteiger partial charge in [-0.3, -0.25) is 4.79 Å². The van der Waals surface area contributed by atoms with Gasteiger partial charge in [-0.15, -0.1) is 0 Å². The molecule has 0 radical (unpaired) electrons. The molecule has 5 nitrogen and oxygen atoms in total. The van der Waals surface area contributed by atoms with Gasteiger partial charge in [0.2, 0.25) is 5.91 Å². The number of aliphatic hydroxyl groups is 3. The first kappa shape index (κ1) is 47.6. The van der Waals surface area contributed by atoms with Crippen molar-refractivity contribution in [3.8, 4) is 0 Å². The zero-order chi connectivity index (χ0) is 35.9. The number of allylic oxidation sites excluding steroid dienone is 5. The van der Waals surface area contributed by atoms with E-state index in [9.17, 15) is 20.1 Å². The summed E-state index contributed by atoms with van der Waals surface area (Å²) in [4.78, 5) is 12.4. The van der Waals surface area contributed by atoms with Crippen LogP contribution in [0.25, 0.3) is 0 Å². The Kier molecular flexibility index (Phi) is 38.2. The number of unbranched alkanes of at least 4 members (excludes halogenated alkanes) is 25. The average Bonchev–Trinajstić information content (AvgIpc) is 3.09. The number of hydrogen-bond donors (Lipinski definition) is 4. The predicted octanol–water partition coefficient (Wildman–Crippen LogP) is 12.0. The highest BCUT2D eigenvalue weighted by Crippen LogP contribution is 2.16. The maximum absolute atomic E-state index is 12.4. The van der Waals surface area contributed by atoms with E-state index in [-0.39, 0.29) is 18.9 Å². The number of amides is 1. The Hall–Kier alpha value is -1.43. The lowest BCUT2D eigenvalue weighted by molar-refractivity contribution is -0.124. The van der Waals surface area contributed by atoms with E-state index in [1.54, 1.807) is 6.08 Å². The normalized spacial score (nSPS) is 14.0.